The van der Waals surface area contributed by atoms with Crippen LogP contribution in [0.3, 0.4) is 0 Å². The molecule has 2 aliphatic rings. The summed E-state index contributed by atoms with van der Waals surface area (Å²) >= 11 is 6.15. The third-order valence-corrected chi connectivity index (χ3v) is 6.14. The quantitative estimate of drug-likeness (QED) is 0.685. The lowest BCUT2D eigenvalue weighted by atomic mass is 10.1. The number of benzene rings is 2. The molecule has 1 aliphatic carbocycles. The van der Waals surface area contributed by atoms with Gasteiger partial charge in [0.25, 0.3) is 0 Å². The molecular weight excluding hydrogens is 401 g/mol. The van der Waals surface area contributed by atoms with E-state index in [9.17, 15) is 18.0 Å². The van der Waals surface area contributed by atoms with Gasteiger partial charge in [0.05, 0.1) is 16.3 Å². The van der Waals surface area contributed by atoms with E-state index in [2.05, 4.69) is 24.3 Å². The number of amides is 1. The van der Waals surface area contributed by atoms with Gasteiger partial charge in [-0.25, -0.2) is 0 Å². The Balaban J connectivity index is 1.38. The summed E-state index contributed by atoms with van der Waals surface area (Å²) in [5.74, 6) is 0.436. The lowest BCUT2D eigenvalue weighted by Crippen LogP contribution is -2.49. The molecule has 3 nitrogen and oxygen atoms in total. The molecule has 0 unspecified atom stereocenters. The Hall–Kier alpha value is -2.21. The number of rotatable bonds is 3. The zero-order chi connectivity index (χ0) is 20.8. The maximum atomic E-state index is 13.0. The lowest BCUT2D eigenvalue weighted by molar-refractivity contribution is -0.137. The maximum Gasteiger partial charge on any atom is 0.416 e. The van der Waals surface area contributed by atoms with E-state index in [1.807, 2.05) is 16.7 Å². The number of piperazine rings is 1. The van der Waals surface area contributed by atoms with Crippen molar-refractivity contribution in [1.82, 2.24) is 4.90 Å². The topological polar surface area (TPSA) is 23.6 Å². The summed E-state index contributed by atoms with van der Waals surface area (Å²) in [6.45, 7) is 3.95. The highest BCUT2D eigenvalue weighted by atomic mass is 35.5. The SMILES string of the molecule is Cc1ccc([C@@H]2C[C@@H]2C(=O)N2CCN(c3cc(C(F)(F)F)ccc3Cl)CC2)cc1. The Bertz CT molecular complexity index is 905. The highest BCUT2D eigenvalue weighted by Gasteiger charge is 2.46. The van der Waals surface area contributed by atoms with Crippen molar-refractivity contribution in [1.29, 1.82) is 0 Å². The van der Waals surface area contributed by atoms with Crippen molar-refractivity contribution in [2.75, 3.05) is 31.1 Å². The van der Waals surface area contributed by atoms with E-state index in [0.717, 1.165) is 18.6 Å². The Morgan fingerprint density at radius 2 is 1.69 bits per heavy atom. The number of nitrogens with zero attached hydrogens (tertiary/aromatic N) is 2. The molecular formula is C22H22ClF3N2O. The molecule has 2 atom stereocenters. The third-order valence-electron chi connectivity index (χ3n) is 5.82. The van der Waals surface area contributed by atoms with Crippen LogP contribution in [-0.2, 0) is 11.0 Å². The molecule has 0 radical (unpaired) electrons. The molecule has 0 spiro atoms. The zero-order valence-corrected chi connectivity index (χ0v) is 16.8. The molecule has 0 aromatic heterocycles. The van der Waals surface area contributed by atoms with Crippen LogP contribution in [0.5, 0.6) is 0 Å². The highest BCUT2D eigenvalue weighted by molar-refractivity contribution is 6.33. The fourth-order valence-corrected chi connectivity index (χ4v) is 4.22. The normalized spacial score (nSPS) is 22.0. The van der Waals surface area contributed by atoms with Crippen LogP contribution >= 0.6 is 11.6 Å². The molecule has 1 aliphatic heterocycles. The fourth-order valence-electron chi connectivity index (χ4n) is 3.98. The van der Waals surface area contributed by atoms with E-state index in [-0.39, 0.29) is 17.7 Å². The van der Waals surface area contributed by atoms with Crippen LogP contribution in [0.1, 0.15) is 29.0 Å². The predicted octanol–water partition coefficient (Wildman–Crippen LogP) is 5.12. The van der Waals surface area contributed by atoms with E-state index in [1.165, 1.54) is 17.2 Å². The number of carbonyl (C=O) groups excluding carboxylic acids is 1. The van der Waals surface area contributed by atoms with Crippen molar-refractivity contribution >= 4 is 23.2 Å². The third kappa shape index (κ3) is 4.22. The molecule has 1 heterocycles. The van der Waals surface area contributed by atoms with E-state index in [1.54, 1.807) is 0 Å². The second kappa shape index (κ2) is 7.56. The van der Waals surface area contributed by atoms with Gasteiger partial charge in [0.1, 0.15) is 0 Å². The van der Waals surface area contributed by atoms with Crippen molar-refractivity contribution in [3.05, 3.63) is 64.2 Å². The molecule has 1 saturated heterocycles. The molecule has 4 rings (SSSR count). The van der Waals surface area contributed by atoms with Crippen molar-refractivity contribution in [3.8, 4) is 0 Å². The van der Waals surface area contributed by atoms with Crippen LogP contribution in [0.25, 0.3) is 0 Å². The summed E-state index contributed by atoms with van der Waals surface area (Å²) in [7, 11) is 0. The molecule has 29 heavy (non-hydrogen) atoms. The Labute approximate surface area is 173 Å². The first-order valence-electron chi connectivity index (χ1n) is 9.71. The van der Waals surface area contributed by atoms with Crippen LogP contribution in [0, 0.1) is 12.8 Å². The van der Waals surface area contributed by atoms with E-state index >= 15 is 0 Å². The van der Waals surface area contributed by atoms with E-state index < -0.39 is 11.7 Å². The molecule has 7 heteroatoms. The number of anilines is 1. The Kier molecular flexibility index (Phi) is 5.23. The van der Waals surface area contributed by atoms with Gasteiger partial charge in [0, 0.05) is 32.1 Å². The van der Waals surface area contributed by atoms with Crippen LogP contribution in [-0.4, -0.2) is 37.0 Å². The molecule has 2 aromatic carbocycles. The molecule has 154 valence electrons. The van der Waals surface area contributed by atoms with Gasteiger partial charge in [-0.2, -0.15) is 13.2 Å². The van der Waals surface area contributed by atoms with Crippen LogP contribution in [0.15, 0.2) is 42.5 Å². The number of alkyl halides is 3. The van der Waals surface area contributed by atoms with Gasteiger partial charge in [-0.05, 0) is 43.0 Å². The molecule has 0 bridgehead atoms. The van der Waals surface area contributed by atoms with E-state index in [4.69, 9.17) is 11.6 Å². The van der Waals surface area contributed by atoms with Gasteiger partial charge in [0.2, 0.25) is 5.91 Å². The number of hydrogen-bond acceptors (Lipinski definition) is 2. The number of hydrogen-bond donors (Lipinski definition) is 0. The summed E-state index contributed by atoms with van der Waals surface area (Å²) in [6.07, 6.45) is -3.55. The first-order chi connectivity index (χ1) is 13.7. The molecule has 2 fully saturated rings. The predicted molar refractivity (Wildman–Crippen MR) is 107 cm³/mol. The van der Waals surface area contributed by atoms with Gasteiger partial charge in [-0.3, -0.25) is 4.79 Å². The van der Waals surface area contributed by atoms with Gasteiger partial charge < -0.3 is 9.80 Å². The summed E-state index contributed by atoms with van der Waals surface area (Å²) < 4.78 is 39.0. The largest absolute Gasteiger partial charge is 0.416 e. The van der Waals surface area contributed by atoms with Crippen molar-refractivity contribution in [3.63, 3.8) is 0 Å². The zero-order valence-electron chi connectivity index (χ0n) is 16.0. The first-order valence-corrected chi connectivity index (χ1v) is 10.1. The summed E-state index contributed by atoms with van der Waals surface area (Å²) in [4.78, 5) is 16.5. The van der Waals surface area contributed by atoms with Crippen molar-refractivity contribution < 1.29 is 18.0 Å². The standard InChI is InChI=1S/C22H22ClF3N2O/c1-14-2-4-15(5-3-14)17-13-18(17)21(29)28-10-8-27(9-11-28)20-12-16(22(24,25)26)6-7-19(20)23/h2-7,12,17-18H,8-11,13H2,1H3/t17-,18-/m0/s1. The number of halogens is 4. The van der Waals surface area contributed by atoms with Crippen LogP contribution in [0.4, 0.5) is 18.9 Å². The minimum Gasteiger partial charge on any atom is -0.367 e. The Morgan fingerprint density at radius 3 is 2.31 bits per heavy atom. The van der Waals surface area contributed by atoms with Gasteiger partial charge in [0.15, 0.2) is 0 Å². The van der Waals surface area contributed by atoms with Gasteiger partial charge in [-0.15, -0.1) is 0 Å². The van der Waals surface area contributed by atoms with Crippen LogP contribution < -0.4 is 4.90 Å². The van der Waals surface area contributed by atoms with Gasteiger partial charge >= 0.3 is 6.18 Å². The number of carbonyl (C=O) groups is 1. The molecule has 2 aromatic rings. The summed E-state index contributed by atoms with van der Waals surface area (Å²) in [5, 5.41) is 0.291. The van der Waals surface area contributed by atoms with E-state index in [0.29, 0.717) is 36.9 Å². The van der Waals surface area contributed by atoms with Crippen LogP contribution in [0.2, 0.25) is 5.02 Å². The average molecular weight is 423 g/mol. The average Bonchev–Trinajstić information content (AvgIpc) is 3.48. The smallest absolute Gasteiger partial charge is 0.367 e. The van der Waals surface area contributed by atoms with Crippen molar-refractivity contribution in [2.24, 2.45) is 5.92 Å². The maximum absolute atomic E-state index is 13.0. The summed E-state index contributed by atoms with van der Waals surface area (Å²) in [5.41, 5.74) is 2.05. The molecule has 0 N–H and O–H groups in total. The highest BCUT2D eigenvalue weighted by Crippen LogP contribution is 2.48. The first kappa shape index (κ1) is 20.1. The molecule has 1 saturated carbocycles. The second-order valence-corrected chi connectivity index (χ2v) is 8.24. The molecule has 1 amide bonds. The van der Waals surface area contributed by atoms with Crippen molar-refractivity contribution in [2.45, 2.75) is 25.4 Å². The minimum atomic E-state index is -4.41. The number of aryl methyl sites for hydroxylation is 1. The fraction of sp³-hybridized carbons (Fsp3) is 0.409. The Morgan fingerprint density at radius 1 is 1.03 bits per heavy atom. The minimum absolute atomic E-state index is 0.0152. The monoisotopic (exact) mass is 422 g/mol. The lowest BCUT2D eigenvalue weighted by Gasteiger charge is -2.37. The summed E-state index contributed by atoms with van der Waals surface area (Å²) in [6, 6.07) is 11.7. The van der Waals surface area contributed by atoms with Gasteiger partial charge in [-0.1, -0.05) is 41.4 Å². The second-order valence-electron chi connectivity index (χ2n) is 7.84.